The maximum atomic E-state index is 14.5. The molecule has 3 rings (SSSR count). The van der Waals surface area contributed by atoms with Gasteiger partial charge in [0.25, 0.3) is 5.91 Å². The van der Waals surface area contributed by atoms with Crippen molar-refractivity contribution in [3.8, 4) is 0 Å². The van der Waals surface area contributed by atoms with Crippen molar-refractivity contribution in [1.29, 1.82) is 0 Å². The zero-order valence-corrected chi connectivity index (χ0v) is 30.1. The number of hydrogen-bond acceptors (Lipinski definition) is 8. The van der Waals surface area contributed by atoms with E-state index in [2.05, 4.69) is 13.8 Å². The molecule has 0 aliphatic carbocycles. The average Bonchev–Trinajstić information content (AvgIpc) is 3.36. The number of carbonyl (C=O) groups is 4. The van der Waals surface area contributed by atoms with Crippen LogP contribution in [0.25, 0.3) is 10.9 Å². The number of esters is 1. The number of rotatable bonds is 12. The fourth-order valence-corrected chi connectivity index (χ4v) is 5.95. The number of aromatic nitrogens is 1. The van der Waals surface area contributed by atoms with E-state index in [1.165, 1.54) is 22.5 Å². The van der Waals surface area contributed by atoms with E-state index in [1.807, 2.05) is 19.1 Å². The summed E-state index contributed by atoms with van der Waals surface area (Å²) in [4.78, 5) is 55.8. The molecule has 256 valence electrons. The van der Waals surface area contributed by atoms with E-state index in [-0.39, 0.29) is 18.0 Å². The van der Waals surface area contributed by atoms with Gasteiger partial charge in [0.2, 0.25) is 0 Å². The number of anilines is 1. The SMILES string of the molecule is CCCCC(CC)COC(=O)CCSc1cccc2c1c(C(=O)N(C(=O)OC(C)(C)C)c1cccc(C)c1)cn2C(=O)OC(C)(C)C. The number of ether oxygens (including phenoxy) is 3. The molecule has 0 N–H and O–H groups in total. The zero-order chi connectivity index (χ0) is 34.9. The van der Waals surface area contributed by atoms with Gasteiger partial charge < -0.3 is 14.2 Å². The number of unbranched alkanes of at least 4 members (excludes halogenated alkanes) is 1. The molecule has 0 fully saturated rings. The van der Waals surface area contributed by atoms with Crippen molar-refractivity contribution in [3.63, 3.8) is 0 Å². The normalized spacial score (nSPS) is 12.4. The van der Waals surface area contributed by atoms with Crippen molar-refractivity contribution < 1.29 is 33.4 Å². The van der Waals surface area contributed by atoms with E-state index >= 15 is 0 Å². The Morgan fingerprint density at radius 2 is 1.62 bits per heavy atom. The van der Waals surface area contributed by atoms with Crippen LogP contribution in [0.4, 0.5) is 15.3 Å². The molecule has 2 aromatic carbocycles. The summed E-state index contributed by atoms with van der Waals surface area (Å²) in [5, 5.41) is 0.466. The van der Waals surface area contributed by atoms with E-state index in [4.69, 9.17) is 14.2 Å². The van der Waals surface area contributed by atoms with Gasteiger partial charge in [-0.1, -0.05) is 51.3 Å². The number of fused-ring (bicyclic) bond motifs is 1. The summed E-state index contributed by atoms with van der Waals surface area (Å²) in [6.07, 6.45) is 4.28. The van der Waals surface area contributed by atoms with Gasteiger partial charge in [0.05, 0.1) is 29.8 Å². The summed E-state index contributed by atoms with van der Waals surface area (Å²) in [5.74, 6) is -0.203. The van der Waals surface area contributed by atoms with Gasteiger partial charge in [-0.2, -0.15) is 0 Å². The minimum absolute atomic E-state index is 0.116. The Hall–Kier alpha value is -3.79. The zero-order valence-electron chi connectivity index (χ0n) is 29.3. The Bertz CT molecular complexity index is 1560. The second kappa shape index (κ2) is 16.4. The highest BCUT2D eigenvalue weighted by atomic mass is 32.2. The average molecular weight is 667 g/mol. The molecule has 0 bridgehead atoms. The van der Waals surface area contributed by atoms with Crippen LogP contribution in [0.15, 0.2) is 53.6 Å². The molecule has 1 atom stereocenters. The lowest BCUT2D eigenvalue weighted by Crippen LogP contribution is -2.41. The molecule has 0 saturated heterocycles. The first-order valence-electron chi connectivity index (χ1n) is 16.3. The number of amides is 2. The monoisotopic (exact) mass is 666 g/mol. The first kappa shape index (κ1) is 37.7. The van der Waals surface area contributed by atoms with E-state index in [0.717, 1.165) is 36.1 Å². The number of hydrogen-bond donors (Lipinski definition) is 0. The van der Waals surface area contributed by atoms with Crippen LogP contribution >= 0.6 is 11.8 Å². The molecular weight excluding hydrogens is 616 g/mol. The summed E-state index contributed by atoms with van der Waals surface area (Å²) in [6.45, 7) is 17.0. The standard InChI is InChI=1S/C37H50N2O7S/c1-10-12-16-26(11-2)24-44-31(40)20-21-47-30-19-14-18-29-32(30)28(23-38(29)34(42)45-36(4,5)6)33(41)39(35(43)46-37(7,8)9)27-17-13-15-25(3)22-27/h13-15,17-19,22-23,26H,10-12,16,20-21,24H2,1-9H3. The number of thioether (sulfide) groups is 1. The summed E-state index contributed by atoms with van der Waals surface area (Å²) < 4.78 is 18.2. The molecule has 47 heavy (non-hydrogen) atoms. The van der Waals surface area contributed by atoms with Gasteiger partial charge in [0, 0.05) is 22.2 Å². The molecule has 0 radical (unpaired) electrons. The lowest BCUT2D eigenvalue weighted by Gasteiger charge is -2.26. The lowest BCUT2D eigenvalue weighted by molar-refractivity contribution is -0.144. The third-order valence-corrected chi connectivity index (χ3v) is 8.30. The van der Waals surface area contributed by atoms with Crippen LogP contribution in [0.3, 0.4) is 0 Å². The van der Waals surface area contributed by atoms with E-state index < -0.39 is 29.3 Å². The van der Waals surface area contributed by atoms with E-state index in [1.54, 1.807) is 71.9 Å². The lowest BCUT2D eigenvalue weighted by atomic mass is 10.0. The topological polar surface area (TPSA) is 104 Å². The summed E-state index contributed by atoms with van der Waals surface area (Å²) in [7, 11) is 0. The van der Waals surface area contributed by atoms with Crippen molar-refractivity contribution in [2.24, 2.45) is 5.92 Å². The number of aryl methyl sites for hydroxylation is 1. The van der Waals surface area contributed by atoms with Crippen LogP contribution in [-0.4, -0.2) is 52.2 Å². The summed E-state index contributed by atoms with van der Waals surface area (Å²) in [5.41, 5.74) is 0.0728. The fourth-order valence-electron chi connectivity index (χ4n) is 4.92. The van der Waals surface area contributed by atoms with Crippen LogP contribution in [0, 0.1) is 12.8 Å². The maximum Gasteiger partial charge on any atom is 0.422 e. The molecular formula is C37H50N2O7S. The molecule has 1 aromatic heterocycles. The predicted octanol–water partition coefficient (Wildman–Crippen LogP) is 9.56. The van der Waals surface area contributed by atoms with Crippen molar-refractivity contribution in [2.75, 3.05) is 17.3 Å². The molecule has 0 spiro atoms. The minimum Gasteiger partial charge on any atom is -0.465 e. The largest absolute Gasteiger partial charge is 0.465 e. The third-order valence-electron chi connectivity index (χ3n) is 7.24. The smallest absolute Gasteiger partial charge is 0.422 e. The van der Waals surface area contributed by atoms with Gasteiger partial charge >= 0.3 is 18.2 Å². The highest BCUT2D eigenvalue weighted by Crippen LogP contribution is 2.35. The first-order chi connectivity index (χ1) is 22.0. The van der Waals surface area contributed by atoms with E-state index in [9.17, 15) is 19.2 Å². The minimum atomic E-state index is -0.868. The molecule has 1 heterocycles. The third kappa shape index (κ3) is 10.9. The number of nitrogens with zero attached hydrogens (tertiary/aromatic N) is 2. The van der Waals surface area contributed by atoms with Crippen molar-refractivity contribution in [1.82, 2.24) is 4.57 Å². The van der Waals surface area contributed by atoms with Gasteiger partial charge in [-0.15, -0.1) is 11.8 Å². The quantitative estimate of drug-likeness (QED) is 0.107. The molecule has 1 unspecified atom stereocenters. The Balaban J connectivity index is 2.02. The van der Waals surface area contributed by atoms with Gasteiger partial charge in [-0.3, -0.25) is 14.2 Å². The van der Waals surface area contributed by atoms with Crippen LogP contribution in [0.5, 0.6) is 0 Å². The Labute approximate surface area is 283 Å². The van der Waals surface area contributed by atoms with Gasteiger partial charge in [-0.05, 0) is 90.6 Å². The Morgan fingerprint density at radius 3 is 2.23 bits per heavy atom. The van der Waals surface area contributed by atoms with Crippen LogP contribution in [0.2, 0.25) is 0 Å². The predicted molar refractivity (Wildman–Crippen MR) is 187 cm³/mol. The van der Waals surface area contributed by atoms with Crippen LogP contribution in [-0.2, 0) is 19.0 Å². The Kier molecular flexibility index (Phi) is 13.1. The second-order valence-corrected chi connectivity index (χ2v) is 14.8. The number of benzene rings is 2. The Morgan fingerprint density at radius 1 is 0.936 bits per heavy atom. The second-order valence-electron chi connectivity index (χ2n) is 13.7. The number of carbonyl (C=O) groups excluding carboxylic acids is 4. The molecule has 0 aliphatic rings. The van der Waals surface area contributed by atoms with Crippen molar-refractivity contribution in [3.05, 3.63) is 59.8 Å². The van der Waals surface area contributed by atoms with Gasteiger partial charge in [0.15, 0.2) is 0 Å². The molecule has 9 nitrogen and oxygen atoms in total. The fraction of sp³-hybridized carbons (Fsp3) is 0.514. The van der Waals surface area contributed by atoms with Crippen LogP contribution in [0.1, 0.15) is 103 Å². The molecule has 3 aromatic rings. The van der Waals surface area contributed by atoms with Gasteiger partial charge in [0.1, 0.15) is 11.2 Å². The maximum absolute atomic E-state index is 14.5. The first-order valence-corrected chi connectivity index (χ1v) is 17.3. The molecule has 10 heteroatoms. The van der Waals surface area contributed by atoms with Crippen LogP contribution < -0.4 is 4.90 Å². The molecule has 0 aliphatic heterocycles. The molecule has 0 saturated carbocycles. The van der Waals surface area contributed by atoms with E-state index in [0.29, 0.717) is 39.8 Å². The van der Waals surface area contributed by atoms with Crippen molar-refractivity contribution >= 4 is 52.4 Å². The summed E-state index contributed by atoms with van der Waals surface area (Å²) in [6, 6.07) is 12.3. The van der Waals surface area contributed by atoms with Crippen molar-refractivity contribution in [2.45, 2.75) is 111 Å². The molecule has 2 amide bonds. The number of imide groups is 1. The highest BCUT2D eigenvalue weighted by Gasteiger charge is 2.33. The highest BCUT2D eigenvalue weighted by molar-refractivity contribution is 7.99. The summed E-state index contributed by atoms with van der Waals surface area (Å²) >= 11 is 1.38. The van der Waals surface area contributed by atoms with Gasteiger partial charge in [-0.25, -0.2) is 14.5 Å².